The van der Waals surface area contributed by atoms with Crippen LogP contribution in [-0.2, 0) is 19.1 Å². The first-order chi connectivity index (χ1) is 15.9. The lowest BCUT2D eigenvalue weighted by Crippen LogP contribution is -2.57. The second-order valence-corrected chi connectivity index (χ2v) is 7.32. The monoisotopic (exact) mass is 458 g/mol. The minimum atomic E-state index is -2.36. The van der Waals surface area contributed by atoms with E-state index in [2.05, 4.69) is 10.3 Å². The van der Waals surface area contributed by atoms with Crippen LogP contribution in [0.1, 0.15) is 13.8 Å². The Balaban J connectivity index is 1.63. The molecule has 1 unspecified atom stereocenters. The van der Waals surface area contributed by atoms with Crippen LogP contribution in [-0.4, -0.2) is 59.9 Å². The summed E-state index contributed by atoms with van der Waals surface area (Å²) in [6.07, 6.45) is 3.56. The van der Waals surface area contributed by atoms with Gasteiger partial charge in [-0.05, 0) is 36.4 Å². The second kappa shape index (κ2) is 11.3. The van der Waals surface area contributed by atoms with Gasteiger partial charge in [0.15, 0.2) is 6.10 Å². The number of aliphatic hydroxyl groups is 1. The van der Waals surface area contributed by atoms with Gasteiger partial charge in [0.25, 0.3) is 0 Å². The second-order valence-electron chi connectivity index (χ2n) is 7.32. The molecular formula is C23H26N2O8. The van der Waals surface area contributed by atoms with E-state index < -0.39 is 24.0 Å². The number of benzene rings is 1. The van der Waals surface area contributed by atoms with Gasteiger partial charge in [-0.25, -0.2) is 9.59 Å². The number of esters is 2. The number of carbonyl (C=O) groups excluding carboxylic acids is 2. The van der Waals surface area contributed by atoms with E-state index in [0.29, 0.717) is 24.7 Å². The molecule has 0 aliphatic carbocycles. The van der Waals surface area contributed by atoms with Crippen LogP contribution in [0.4, 0.5) is 0 Å². The number of carbonyl (C=O) groups is 2. The van der Waals surface area contributed by atoms with E-state index in [1.54, 1.807) is 36.7 Å². The molecule has 1 aliphatic rings. The third-order valence-electron chi connectivity index (χ3n) is 4.31. The molecule has 0 radical (unpaired) electrons. The zero-order valence-electron chi connectivity index (χ0n) is 18.3. The molecule has 1 atom stereocenters. The van der Waals surface area contributed by atoms with Crippen molar-refractivity contribution >= 4 is 11.9 Å². The Morgan fingerprint density at radius 2 is 1.58 bits per heavy atom. The Morgan fingerprint density at radius 3 is 2.15 bits per heavy atom. The van der Waals surface area contributed by atoms with Gasteiger partial charge in [0.05, 0.1) is 6.20 Å². The highest BCUT2D eigenvalue weighted by Crippen LogP contribution is 2.28. The quantitative estimate of drug-likeness (QED) is 0.379. The highest BCUT2D eigenvalue weighted by molar-refractivity contribution is 5.93. The van der Waals surface area contributed by atoms with Crippen molar-refractivity contribution in [3.05, 3.63) is 60.9 Å². The Morgan fingerprint density at radius 1 is 0.970 bits per heavy atom. The molecule has 2 heterocycles. The van der Waals surface area contributed by atoms with Crippen molar-refractivity contribution in [2.45, 2.75) is 32.0 Å². The molecule has 0 saturated carbocycles. The lowest BCUT2D eigenvalue weighted by molar-refractivity contribution is -0.340. The molecule has 1 aromatic carbocycles. The van der Waals surface area contributed by atoms with Gasteiger partial charge in [-0.3, -0.25) is 4.98 Å². The van der Waals surface area contributed by atoms with E-state index in [1.807, 2.05) is 13.8 Å². The van der Waals surface area contributed by atoms with Crippen LogP contribution in [0.5, 0.6) is 17.2 Å². The Hall–Kier alpha value is -3.63. The van der Waals surface area contributed by atoms with E-state index in [4.69, 9.17) is 23.7 Å². The van der Waals surface area contributed by atoms with Crippen molar-refractivity contribution in [3.8, 4) is 17.2 Å². The summed E-state index contributed by atoms with van der Waals surface area (Å²) in [6.45, 7) is 4.29. The number of hydrogen-bond acceptors (Lipinski definition) is 10. The Bertz CT molecular complexity index is 927. The number of nitrogens with one attached hydrogen (secondary N) is 1. The number of aromatic nitrogens is 1. The third kappa shape index (κ3) is 7.19. The first-order valence-corrected chi connectivity index (χ1v) is 10.4. The number of pyridine rings is 1. The van der Waals surface area contributed by atoms with Crippen molar-refractivity contribution in [1.29, 1.82) is 0 Å². The number of hydrogen-bond donors (Lipinski definition) is 2. The summed E-state index contributed by atoms with van der Waals surface area (Å²) in [6, 6.07) is 9.88. The molecule has 0 spiro atoms. The smallest absolute Gasteiger partial charge is 0.451 e. The summed E-state index contributed by atoms with van der Waals surface area (Å²) in [5.41, 5.74) is 0. The molecule has 10 nitrogen and oxygen atoms in total. The van der Waals surface area contributed by atoms with Crippen molar-refractivity contribution in [2.24, 2.45) is 0 Å². The number of aliphatic hydroxyl groups excluding tert-OH is 1. The fraction of sp³-hybridized carbons (Fsp3) is 0.348. The zero-order valence-corrected chi connectivity index (χ0v) is 18.3. The SMILES string of the molecule is CC(C)NCC(O)C1(Oc2ccc(OCCOc3cccnc3)cc2)OC(=O)C=CC(=O)O1. The first-order valence-electron chi connectivity index (χ1n) is 10.4. The maximum absolute atomic E-state index is 12.0. The fourth-order valence-corrected chi connectivity index (χ4v) is 2.74. The maximum atomic E-state index is 12.0. The van der Waals surface area contributed by atoms with Gasteiger partial charge in [0.1, 0.15) is 30.5 Å². The number of rotatable bonds is 11. The van der Waals surface area contributed by atoms with E-state index in [0.717, 1.165) is 12.2 Å². The minimum absolute atomic E-state index is 0.0190. The van der Waals surface area contributed by atoms with Crippen LogP contribution in [0, 0.1) is 0 Å². The Kier molecular flexibility index (Phi) is 8.22. The zero-order chi connectivity index (χ0) is 23.7. The van der Waals surface area contributed by atoms with Crippen LogP contribution in [0.15, 0.2) is 60.9 Å². The molecule has 10 heteroatoms. The molecule has 0 bridgehead atoms. The molecule has 0 amide bonds. The molecule has 33 heavy (non-hydrogen) atoms. The molecule has 0 saturated heterocycles. The number of ether oxygens (including phenoxy) is 5. The minimum Gasteiger partial charge on any atom is -0.490 e. The van der Waals surface area contributed by atoms with Gasteiger partial charge in [0.2, 0.25) is 0 Å². The van der Waals surface area contributed by atoms with Crippen molar-refractivity contribution in [1.82, 2.24) is 10.3 Å². The molecule has 2 aromatic rings. The van der Waals surface area contributed by atoms with Crippen molar-refractivity contribution in [3.63, 3.8) is 0 Å². The summed E-state index contributed by atoms with van der Waals surface area (Å²) < 4.78 is 27.2. The van der Waals surface area contributed by atoms with Crippen LogP contribution in [0.25, 0.3) is 0 Å². The van der Waals surface area contributed by atoms with Gasteiger partial charge < -0.3 is 34.1 Å². The molecule has 3 rings (SSSR count). The maximum Gasteiger partial charge on any atom is 0.451 e. The van der Waals surface area contributed by atoms with Gasteiger partial charge in [-0.1, -0.05) is 13.8 Å². The summed E-state index contributed by atoms with van der Waals surface area (Å²) in [7, 11) is 0. The topological polar surface area (TPSA) is 125 Å². The highest BCUT2D eigenvalue weighted by Gasteiger charge is 2.50. The predicted octanol–water partition coefficient (Wildman–Crippen LogP) is 1.59. The largest absolute Gasteiger partial charge is 0.490 e. The first kappa shape index (κ1) is 24.0. The summed E-state index contributed by atoms with van der Waals surface area (Å²) in [4.78, 5) is 27.9. The summed E-state index contributed by atoms with van der Waals surface area (Å²) in [5.74, 6) is -2.79. The van der Waals surface area contributed by atoms with E-state index in [9.17, 15) is 14.7 Å². The highest BCUT2D eigenvalue weighted by atomic mass is 16.9. The fourth-order valence-electron chi connectivity index (χ4n) is 2.74. The standard InChI is InChI=1S/C23H26N2O8/c1-16(2)25-15-20(26)23(32-21(27)9-10-22(28)33-23)31-18-7-5-17(6-8-18)29-12-13-30-19-4-3-11-24-14-19/h3-11,14,16,20,25-26H,12-13,15H2,1-2H3. The molecule has 1 aliphatic heterocycles. The Labute approximate surface area is 191 Å². The van der Waals surface area contributed by atoms with E-state index in [1.165, 1.54) is 12.1 Å². The molecule has 2 N–H and O–H groups in total. The average molecular weight is 458 g/mol. The molecule has 0 fully saturated rings. The molecule has 1 aromatic heterocycles. The number of cyclic esters (lactones) is 2. The lowest BCUT2D eigenvalue weighted by Gasteiger charge is -2.34. The van der Waals surface area contributed by atoms with E-state index >= 15 is 0 Å². The summed E-state index contributed by atoms with van der Waals surface area (Å²) in [5, 5.41) is 13.7. The van der Waals surface area contributed by atoms with Gasteiger partial charge in [-0.2, -0.15) is 0 Å². The predicted molar refractivity (Wildman–Crippen MR) is 115 cm³/mol. The van der Waals surface area contributed by atoms with Crippen LogP contribution >= 0.6 is 0 Å². The number of nitrogens with zero attached hydrogens (tertiary/aromatic N) is 1. The van der Waals surface area contributed by atoms with Crippen LogP contribution < -0.4 is 19.5 Å². The normalized spacial score (nSPS) is 15.9. The van der Waals surface area contributed by atoms with Crippen molar-refractivity contribution in [2.75, 3.05) is 19.8 Å². The third-order valence-corrected chi connectivity index (χ3v) is 4.31. The van der Waals surface area contributed by atoms with Crippen LogP contribution in [0.3, 0.4) is 0 Å². The molecule has 176 valence electrons. The van der Waals surface area contributed by atoms with Crippen molar-refractivity contribution < 1.29 is 38.4 Å². The molecular weight excluding hydrogens is 432 g/mol. The van der Waals surface area contributed by atoms with Gasteiger partial charge >= 0.3 is 17.9 Å². The summed E-state index contributed by atoms with van der Waals surface area (Å²) >= 11 is 0. The van der Waals surface area contributed by atoms with Crippen LogP contribution in [0.2, 0.25) is 0 Å². The van der Waals surface area contributed by atoms with E-state index in [-0.39, 0.29) is 18.3 Å². The lowest BCUT2D eigenvalue weighted by atomic mass is 10.2. The van der Waals surface area contributed by atoms with Gasteiger partial charge in [-0.15, -0.1) is 0 Å². The van der Waals surface area contributed by atoms with Gasteiger partial charge in [0, 0.05) is 30.9 Å². The average Bonchev–Trinajstić information content (AvgIpc) is 2.95.